The summed E-state index contributed by atoms with van der Waals surface area (Å²) in [7, 11) is 1.76. The molecule has 4 rings (SSSR count). The van der Waals surface area contributed by atoms with Crippen molar-refractivity contribution in [2.75, 3.05) is 37.4 Å². The molecular weight excluding hydrogens is 364 g/mol. The Morgan fingerprint density at radius 3 is 2.96 bits per heavy atom. The van der Waals surface area contributed by atoms with Gasteiger partial charge in [-0.25, -0.2) is 13.8 Å². The first kappa shape index (κ1) is 18.6. The molecule has 0 amide bonds. The number of allylic oxidation sites excluding steroid dienone is 1. The van der Waals surface area contributed by atoms with Gasteiger partial charge in [0, 0.05) is 50.3 Å². The molecule has 3 heterocycles. The second-order valence-electron chi connectivity index (χ2n) is 6.98. The highest BCUT2D eigenvalue weighted by Crippen LogP contribution is 2.42. The van der Waals surface area contributed by atoms with Gasteiger partial charge in [-0.15, -0.1) is 0 Å². The number of alkyl halides is 1. The van der Waals surface area contributed by atoms with E-state index in [0.29, 0.717) is 48.2 Å². The lowest BCUT2D eigenvalue weighted by molar-refractivity contribution is 0.331. The van der Waals surface area contributed by atoms with Crippen molar-refractivity contribution in [3.8, 4) is 5.75 Å². The predicted molar refractivity (Wildman–Crippen MR) is 106 cm³/mol. The van der Waals surface area contributed by atoms with Gasteiger partial charge in [0.15, 0.2) is 5.82 Å². The number of nitrogens with zero attached hydrogens (tertiary/aromatic N) is 2. The van der Waals surface area contributed by atoms with Crippen molar-refractivity contribution in [3.05, 3.63) is 40.8 Å². The van der Waals surface area contributed by atoms with Crippen LogP contribution in [0, 0.1) is 12.7 Å². The van der Waals surface area contributed by atoms with Gasteiger partial charge in [-0.2, -0.15) is 4.98 Å². The van der Waals surface area contributed by atoms with Crippen LogP contribution in [0.25, 0.3) is 5.57 Å². The maximum Gasteiger partial charge on any atom is 0.229 e. The number of benzene rings is 1. The van der Waals surface area contributed by atoms with Crippen LogP contribution in [0.5, 0.6) is 5.75 Å². The van der Waals surface area contributed by atoms with Crippen LogP contribution in [-0.4, -0.2) is 42.9 Å². The average Bonchev–Trinajstić information content (AvgIpc) is 3.01. The first-order valence-electron chi connectivity index (χ1n) is 9.38. The van der Waals surface area contributed by atoms with E-state index in [2.05, 4.69) is 25.9 Å². The summed E-state index contributed by atoms with van der Waals surface area (Å²) in [4.78, 5) is 8.67. The number of anilines is 3. The molecule has 6 nitrogen and oxygen atoms in total. The molecule has 0 fully saturated rings. The minimum atomic E-state index is -1.07. The topological polar surface area (TPSA) is 71.1 Å². The molecular formula is C20H23F2N5O. The molecule has 2 aromatic rings. The second kappa shape index (κ2) is 7.71. The van der Waals surface area contributed by atoms with Crippen LogP contribution >= 0.6 is 0 Å². The molecule has 0 unspecified atom stereocenters. The second-order valence-corrected chi connectivity index (χ2v) is 6.98. The summed E-state index contributed by atoms with van der Waals surface area (Å²) in [6.07, 6.45) is 1.60. The Hall–Kier alpha value is -2.74. The highest BCUT2D eigenvalue weighted by Gasteiger charge is 2.28. The van der Waals surface area contributed by atoms with Crippen LogP contribution in [0.15, 0.2) is 18.2 Å². The van der Waals surface area contributed by atoms with Gasteiger partial charge < -0.3 is 20.7 Å². The molecule has 0 saturated heterocycles. The fraction of sp³-hybridized carbons (Fsp3) is 0.400. The molecule has 8 heteroatoms. The minimum absolute atomic E-state index is 0.147. The van der Waals surface area contributed by atoms with Crippen molar-refractivity contribution in [3.63, 3.8) is 0 Å². The van der Waals surface area contributed by atoms with Gasteiger partial charge in [-0.05, 0) is 18.6 Å². The number of fused-ring (bicyclic) bond motifs is 1. The molecule has 3 N–H and O–H groups in total. The molecule has 0 bridgehead atoms. The zero-order valence-electron chi connectivity index (χ0n) is 15.9. The first-order valence-corrected chi connectivity index (χ1v) is 9.38. The van der Waals surface area contributed by atoms with Crippen molar-refractivity contribution in [2.45, 2.75) is 25.9 Å². The van der Waals surface area contributed by atoms with E-state index in [9.17, 15) is 4.39 Å². The number of nitrogens with one attached hydrogen (secondary N) is 3. The number of aryl methyl sites for hydroxylation is 1. The van der Waals surface area contributed by atoms with Gasteiger partial charge in [-0.3, -0.25) is 0 Å². The number of aromatic nitrogens is 2. The lowest BCUT2D eigenvalue weighted by atomic mass is 9.95. The molecule has 1 atom stereocenters. The van der Waals surface area contributed by atoms with E-state index in [-0.39, 0.29) is 18.7 Å². The summed E-state index contributed by atoms with van der Waals surface area (Å²) in [5.41, 5.74) is 2.88. The Balaban J connectivity index is 1.77. The van der Waals surface area contributed by atoms with Gasteiger partial charge in [0.05, 0.1) is 17.9 Å². The largest absolute Gasteiger partial charge is 0.492 e. The molecule has 0 aliphatic carbocycles. The molecule has 0 radical (unpaired) electrons. The highest BCUT2D eigenvalue weighted by atomic mass is 19.1. The van der Waals surface area contributed by atoms with E-state index in [1.165, 1.54) is 0 Å². The third-order valence-corrected chi connectivity index (χ3v) is 4.89. The van der Waals surface area contributed by atoms with Crippen molar-refractivity contribution in [2.24, 2.45) is 0 Å². The smallest absolute Gasteiger partial charge is 0.229 e. The molecule has 0 spiro atoms. The third-order valence-electron chi connectivity index (χ3n) is 4.89. The van der Waals surface area contributed by atoms with Crippen LogP contribution in [0.3, 0.4) is 0 Å². The Kier molecular flexibility index (Phi) is 5.13. The minimum Gasteiger partial charge on any atom is -0.492 e. The number of hydrogen-bond donors (Lipinski definition) is 3. The lowest BCUT2D eigenvalue weighted by Crippen LogP contribution is -2.21. The summed E-state index contributed by atoms with van der Waals surface area (Å²) in [5, 5.41) is 8.96. The van der Waals surface area contributed by atoms with Crippen LogP contribution in [-0.2, 0) is 6.42 Å². The van der Waals surface area contributed by atoms with E-state index in [4.69, 9.17) is 4.74 Å². The Morgan fingerprint density at radius 2 is 2.14 bits per heavy atom. The number of ether oxygens (including phenoxy) is 1. The Morgan fingerprint density at radius 1 is 1.29 bits per heavy atom. The molecule has 28 heavy (non-hydrogen) atoms. The summed E-state index contributed by atoms with van der Waals surface area (Å²) in [6.45, 7) is 3.08. The lowest BCUT2D eigenvalue weighted by Gasteiger charge is -2.17. The number of hydrogen-bond acceptors (Lipinski definition) is 6. The summed E-state index contributed by atoms with van der Waals surface area (Å²) in [6, 6.07) is 3.53. The molecule has 0 saturated carbocycles. The van der Waals surface area contributed by atoms with Gasteiger partial charge in [0.25, 0.3) is 0 Å². The van der Waals surface area contributed by atoms with Crippen molar-refractivity contribution >= 4 is 23.0 Å². The Labute approximate surface area is 162 Å². The molecule has 148 valence electrons. The van der Waals surface area contributed by atoms with E-state index in [1.54, 1.807) is 19.2 Å². The summed E-state index contributed by atoms with van der Waals surface area (Å²) < 4.78 is 35.4. The zero-order valence-corrected chi connectivity index (χ0v) is 15.9. The number of rotatable bonds is 4. The SMILES string of the molecule is CNc1cc(C)nc(Nc2cc3c(c(C4=CCNC[C@@H](F)C4)c2F)OCC3)n1. The van der Waals surface area contributed by atoms with Crippen molar-refractivity contribution in [1.82, 2.24) is 15.3 Å². The quantitative estimate of drug-likeness (QED) is 0.747. The zero-order chi connectivity index (χ0) is 19.7. The van der Waals surface area contributed by atoms with E-state index in [0.717, 1.165) is 11.3 Å². The monoisotopic (exact) mass is 387 g/mol. The van der Waals surface area contributed by atoms with Gasteiger partial charge in [0.1, 0.15) is 17.7 Å². The predicted octanol–water partition coefficient (Wildman–Crippen LogP) is 3.36. The molecule has 2 aliphatic heterocycles. The van der Waals surface area contributed by atoms with E-state index < -0.39 is 12.0 Å². The summed E-state index contributed by atoms with van der Waals surface area (Å²) in [5.74, 6) is 0.979. The standard InChI is InChI=1S/C20H23F2N5O/c1-11-7-16(23-2)27-20(25-11)26-15-9-13-4-6-28-19(13)17(18(15)22)12-3-5-24-10-14(21)8-12/h3,7,9,14,24H,4-6,8,10H2,1-2H3,(H2,23,25,26,27)/t14-/m0/s1. The number of halogens is 2. The molecule has 2 aliphatic rings. The van der Waals surface area contributed by atoms with E-state index in [1.807, 2.05) is 13.0 Å². The maximum absolute atomic E-state index is 15.5. The molecule has 1 aromatic carbocycles. The average molecular weight is 387 g/mol. The van der Waals surface area contributed by atoms with Crippen molar-refractivity contribution in [1.29, 1.82) is 0 Å². The fourth-order valence-electron chi connectivity index (χ4n) is 3.60. The van der Waals surface area contributed by atoms with E-state index >= 15 is 4.39 Å². The van der Waals surface area contributed by atoms with Gasteiger partial charge in [0.2, 0.25) is 5.95 Å². The van der Waals surface area contributed by atoms with Gasteiger partial charge in [-0.1, -0.05) is 6.08 Å². The van der Waals surface area contributed by atoms with Gasteiger partial charge >= 0.3 is 0 Å². The van der Waals surface area contributed by atoms with Crippen LogP contribution < -0.4 is 20.7 Å². The van der Waals surface area contributed by atoms with Crippen molar-refractivity contribution < 1.29 is 13.5 Å². The molecule has 1 aromatic heterocycles. The fourth-order valence-corrected chi connectivity index (χ4v) is 3.60. The highest BCUT2D eigenvalue weighted by molar-refractivity contribution is 5.78. The maximum atomic E-state index is 15.5. The normalized spacial score (nSPS) is 18.7. The van der Waals surface area contributed by atoms with Crippen LogP contribution in [0.4, 0.5) is 26.2 Å². The first-order chi connectivity index (χ1) is 13.5. The summed E-state index contributed by atoms with van der Waals surface area (Å²) >= 11 is 0. The third kappa shape index (κ3) is 3.64. The Bertz CT molecular complexity index is 931. The van der Waals surface area contributed by atoms with Crippen LogP contribution in [0.2, 0.25) is 0 Å². The van der Waals surface area contributed by atoms with Crippen LogP contribution in [0.1, 0.15) is 23.2 Å².